The number of carboxylic acid groups (broad SMARTS) is 2. The maximum atomic E-state index is 14.5. The molecule has 436 valence electrons. The highest BCUT2D eigenvalue weighted by molar-refractivity contribution is 8.14. The van der Waals surface area contributed by atoms with Crippen LogP contribution in [0.5, 0.6) is 0 Å². The van der Waals surface area contributed by atoms with Gasteiger partial charge in [0.1, 0.15) is 70.1 Å². The van der Waals surface area contributed by atoms with E-state index in [1.807, 2.05) is 37.4 Å². The summed E-state index contributed by atoms with van der Waals surface area (Å²) in [6, 6.07) is 5.35. The summed E-state index contributed by atoms with van der Waals surface area (Å²) in [5.41, 5.74) is 2.39. The van der Waals surface area contributed by atoms with Gasteiger partial charge < -0.3 is 52.2 Å². The van der Waals surface area contributed by atoms with Gasteiger partial charge in [0.15, 0.2) is 0 Å². The Kier molecular flexibility index (Phi) is 18.5. The standard InChI is InChI=1S/C54H47N13O12S6/c1-7-27-49-55-15-36(85-49)46(75)61-30(13-14-37(69)70)51-66-33(19-83-51)44(73)62-35(20-84-54(79)39-22(3)38-21(2)9-8-10-28(38)58-39)52-63-31(16-81-52)41-26(48-64-34(17-80-48)45(74)67-40(25(6)68)47(76)60-27)11-12-29(59-41)50-65-32(18-82-50)43(72)56-23(4)42(71)57-24(5)53(77)78/h7-12,15-19,25,30,35,40,58,68H,4-5,13-14,20H2,1-3,6H3,(H,56,72)(H,57,71)(H,60,76)(H,61,75)(H,62,73)(H,67,74)(H,69,70)(H,77,78). The number of aliphatic hydroxyl groups excluding tert-OH is 1. The number of aromatic amines is 1. The number of aliphatic carboxylic acids is 2. The van der Waals surface area contributed by atoms with E-state index in [1.54, 1.807) is 24.4 Å². The van der Waals surface area contributed by atoms with Crippen molar-refractivity contribution in [3.63, 3.8) is 0 Å². The number of allylic oxidation sites excluding steroid dienone is 1. The second kappa shape index (κ2) is 25.9. The largest absolute Gasteiger partial charge is 0.481 e. The van der Waals surface area contributed by atoms with Crippen LogP contribution in [-0.4, -0.2) is 121 Å². The molecular formula is C54H47N13O12S6. The van der Waals surface area contributed by atoms with Crippen molar-refractivity contribution in [2.75, 3.05) is 5.75 Å². The SMILES string of the molecule is C=C(NC(=O)C(=C)NC(=O)c1csc(-c2ccc3c(n2)-c2csc(n2)C(CSC(=O)c2[nH]c4cccc(C)c4c2C)NC(=O)c2csc(n2)C(CCC(=O)O)NC(=O)c2cnc(s2)C(=CC)NC(=O)C(C(C)O)NC(=O)c2csc-3n2)n1)C(=O)O. The van der Waals surface area contributed by atoms with Crippen LogP contribution in [-0.2, 0) is 19.2 Å². The van der Waals surface area contributed by atoms with Crippen molar-refractivity contribution in [2.24, 2.45) is 0 Å². The van der Waals surface area contributed by atoms with Crippen molar-refractivity contribution in [3.8, 4) is 32.7 Å². The third-order valence-electron chi connectivity index (χ3n) is 12.7. The predicted octanol–water partition coefficient (Wildman–Crippen LogP) is 6.77. The molecule has 1 aromatic carbocycles. The Morgan fingerprint density at radius 2 is 1.45 bits per heavy atom. The minimum Gasteiger partial charge on any atom is -0.481 e. The van der Waals surface area contributed by atoms with Gasteiger partial charge in [-0.05, 0) is 63.4 Å². The van der Waals surface area contributed by atoms with Crippen molar-refractivity contribution < 1.29 is 58.5 Å². The molecule has 6 amide bonds. The van der Waals surface area contributed by atoms with Gasteiger partial charge in [-0.2, -0.15) is 0 Å². The zero-order valence-corrected chi connectivity index (χ0v) is 49.7. The summed E-state index contributed by atoms with van der Waals surface area (Å²) in [5.74, 6) is -7.63. The van der Waals surface area contributed by atoms with E-state index < -0.39 is 83.0 Å². The van der Waals surface area contributed by atoms with E-state index in [1.165, 1.54) is 35.3 Å². The number of benzene rings is 1. The normalized spacial score (nSPS) is 16.5. The number of carboxylic acids is 2. The lowest BCUT2D eigenvalue weighted by molar-refractivity contribution is -0.137. The van der Waals surface area contributed by atoms with Crippen LogP contribution in [0.1, 0.15) is 117 Å². The molecule has 0 aliphatic carbocycles. The molecule has 10 N–H and O–H groups in total. The monoisotopic (exact) mass is 1260 g/mol. The first kappa shape index (κ1) is 60.6. The van der Waals surface area contributed by atoms with Crippen LogP contribution in [0, 0.1) is 13.8 Å². The first-order valence-corrected chi connectivity index (χ1v) is 30.5. The number of hydrogen-bond donors (Lipinski definition) is 10. The summed E-state index contributed by atoms with van der Waals surface area (Å²) in [4.78, 5) is 150. The van der Waals surface area contributed by atoms with Crippen LogP contribution >= 0.6 is 68.4 Å². The highest BCUT2D eigenvalue weighted by Crippen LogP contribution is 2.38. The minimum atomic E-state index is -1.54. The minimum absolute atomic E-state index is 0.0610. The van der Waals surface area contributed by atoms with Crippen molar-refractivity contribution in [2.45, 2.75) is 64.8 Å². The molecule has 0 fully saturated rings. The molecule has 85 heavy (non-hydrogen) atoms. The topological polar surface area (TPSA) is 380 Å². The van der Waals surface area contributed by atoms with Crippen LogP contribution in [0.4, 0.5) is 0 Å². The number of carbonyl (C=O) groups excluding carboxylic acids is 7. The molecule has 1 aliphatic rings. The number of fused-ring (bicyclic) bond motifs is 12. The molecule has 8 heterocycles. The molecule has 31 heteroatoms. The number of thioether (sulfide) groups is 1. The summed E-state index contributed by atoms with van der Waals surface area (Å²) >= 11 is 5.98. The van der Waals surface area contributed by atoms with Gasteiger partial charge >= 0.3 is 11.9 Å². The lowest BCUT2D eigenvalue weighted by Gasteiger charge is -2.21. The number of aryl methyl sites for hydroxylation is 2. The highest BCUT2D eigenvalue weighted by Gasteiger charge is 2.32. The number of nitrogens with one attached hydrogen (secondary N) is 7. The van der Waals surface area contributed by atoms with E-state index in [0.717, 1.165) is 90.5 Å². The summed E-state index contributed by atoms with van der Waals surface area (Å²) in [6.45, 7) is 13.4. The number of amides is 6. The number of aromatic nitrogens is 7. The van der Waals surface area contributed by atoms with E-state index in [0.29, 0.717) is 16.3 Å². The Balaban J connectivity index is 1.12. The molecule has 0 saturated carbocycles. The second-order valence-corrected chi connectivity index (χ2v) is 24.1. The number of pyridine rings is 1. The molecule has 0 saturated heterocycles. The summed E-state index contributed by atoms with van der Waals surface area (Å²) < 4.78 is 0. The molecule has 8 bridgehead atoms. The maximum absolute atomic E-state index is 14.5. The van der Waals surface area contributed by atoms with Crippen LogP contribution in [0.3, 0.4) is 0 Å². The summed E-state index contributed by atoms with van der Waals surface area (Å²) in [7, 11) is 0. The summed E-state index contributed by atoms with van der Waals surface area (Å²) in [6.07, 6.45) is 0.818. The fourth-order valence-corrected chi connectivity index (χ4v) is 13.6. The lowest BCUT2D eigenvalue weighted by Crippen LogP contribution is -2.52. The number of aliphatic hydroxyl groups is 1. The van der Waals surface area contributed by atoms with Crippen LogP contribution in [0.15, 0.2) is 88.7 Å². The molecule has 0 spiro atoms. The van der Waals surface area contributed by atoms with Gasteiger partial charge in [-0.3, -0.25) is 38.4 Å². The van der Waals surface area contributed by atoms with Gasteiger partial charge in [0.25, 0.3) is 29.5 Å². The fraction of sp³-hybridized carbons (Fsp3) is 0.204. The Morgan fingerprint density at radius 1 is 0.765 bits per heavy atom. The molecule has 8 aromatic rings. The molecular weight excluding hydrogens is 1220 g/mol. The molecule has 7 aromatic heterocycles. The van der Waals surface area contributed by atoms with Crippen molar-refractivity contribution in [1.29, 1.82) is 0 Å². The molecule has 25 nitrogen and oxygen atoms in total. The Labute approximate surface area is 505 Å². The number of nitrogens with zero attached hydrogens (tertiary/aromatic N) is 6. The highest BCUT2D eigenvalue weighted by atomic mass is 32.2. The lowest BCUT2D eigenvalue weighted by atomic mass is 10.1. The van der Waals surface area contributed by atoms with Crippen molar-refractivity contribution in [3.05, 3.63) is 142 Å². The van der Waals surface area contributed by atoms with Crippen LogP contribution < -0.4 is 31.9 Å². The molecule has 4 atom stereocenters. The van der Waals surface area contributed by atoms with E-state index in [4.69, 9.17) is 15.1 Å². The van der Waals surface area contributed by atoms with E-state index >= 15 is 0 Å². The Hall–Kier alpha value is -8.98. The quantitative estimate of drug-likeness (QED) is 0.0532. The number of rotatable bonds is 13. The third-order valence-corrected chi connectivity index (χ3v) is 18.3. The summed E-state index contributed by atoms with van der Waals surface area (Å²) in [5, 5.41) is 52.6. The number of thiazole rings is 5. The van der Waals surface area contributed by atoms with Gasteiger partial charge in [0.05, 0.1) is 47.2 Å². The Bertz CT molecular complexity index is 4090. The van der Waals surface area contributed by atoms with E-state index in [-0.39, 0.29) is 88.5 Å². The van der Waals surface area contributed by atoms with Gasteiger partial charge in [-0.15, -0.1) is 56.7 Å². The van der Waals surface area contributed by atoms with Crippen LogP contribution in [0.2, 0.25) is 0 Å². The first-order valence-electron chi connectivity index (χ1n) is 25.2. The predicted molar refractivity (Wildman–Crippen MR) is 320 cm³/mol. The maximum Gasteiger partial charge on any atom is 0.351 e. The fourth-order valence-electron chi connectivity index (χ4n) is 8.38. The average Bonchev–Trinajstić information content (AvgIpc) is 2.92. The number of hydrogen-bond acceptors (Lipinski definition) is 22. The van der Waals surface area contributed by atoms with Crippen molar-refractivity contribution in [1.82, 2.24) is 66.8 Å². The van der Waals surface area contributed by atoms with Crippen LogP contribution in [0.25, 0.3) is 49.3 Å². The molecule has 0 radical (unpaired) electrons. The van der Waals surface area contributed by atoms with E-state index in [9.17, 15) is 53.4 Å². The van der Waals surface area contributed by atoms with Gasteiger partial charge in [0.2, 0.25) is 11.0 Å². The second-order valence-electron chi connectivity index (χ2n) is 18.6. The first-order chi connectivity index (χ1) is 40.6. The number of H-pyrrole nitrogens is 1. The number of carbonyl (C=O) groups is 9. The van der Waals surface area contributed by atoms with E-state index in [2.05, 4.69) is 64.7 Å². The smallest absolute Gasteiger partial charge is 0.351 e. The molecule has 9 rings (SSSR count). The zero-order chi connectivity index (χ0) is 61.0. The molecule has 4 unspecified atom stereocenters. The van der Waals surface area contributed by atoms with Gasteiger partial charge in [-0.25, -0.2) is 34.7 Å². The van der Waals surface area contributed by atoms with Gasteiger partial charge in [0, 0.05) is 50.2 Å². The third kappa shape index (κ3) is 13.7. The average molecular weight is 1260 g/mol. The van der Waals surface area contributed by atoms with Gasteiger partial charge in [-0.1, -0.05) is 43.1 Å². The molecule has 1 aliphatic heterocycles. The Morgan fingerprint density at radius 3 is 2.16 bits per heavy atom. The zero-order valence-electron chi connectivity index (χ0n) is 44.8. The van der Waals surface area contributed by atoms with Crippen molar-refractivity contribution >= 4 is 138 Å².